The highest BCUT2D eigenvalue weighted by atomic mass is 32.2. The molecule has 116 valence electrons. The maximum atomic E-state index is 14.1. The number of sulfonamides is 1. The molecule has 2 fully saturated rings. The van der Waals surface area contributed by atoms with E-state index < -0.39 is 21.2 Å². The molecule has 6 nitrogen and oxygen atoms in total. The van der Waals surface area contributed by atoms with Crippen molar-refractivity contribution in [3.63, 3.8) is 0 Å². The molecule has 0 N–H and O–H groups in total. The third-order valence-corrected chi connectivity index (χ3v) is 5.39. The second kappa shape index (κ2) is 5.90. The molecule has 2 aliphatic heterocycles. The number of hydrogen-bond donors (Lipinski definition) is 0. The van der Waals surface area contributed by atoms with Gasteiger partial charge in [0.05, 0.1) is 13.2 Å². The van der Waals surface area contributed by atoms with Crippen LogP contribution in [0.15, 0.2) is 0 Å². The highest BCUT2D eigenvalue weighted by Crippen LogP contribution is 2.30. The third-order valence-electron chi connectivity index (χ3n) is 3.53. The van der Waals surface area contributed by atoms with Crippen LogP contribution in [0.1, 0.15) is 19.3 Å². The number of halogens is 2. The van der Waals surface area contributed by atoms with E-state index in [1.807, 2.05) is 0 Å². The Morgan fingerprint density at radius 1 is 1.00 bits per heavy atom. The van der Waals surface area contributed by atoms with Gasteiger partial charge in [-0.15, -0.1) is 0 Å². The van der Waals surface area contributed by atoms with Crippen LogP contribution < -0.4 is 0 Å². The van der Waals surface area contributed by atoms with E-state index in [1.54, 1.807) is 0 Å². The molecule has 0 aromatic rings. The first kappa shape index (κ1) is 15.6. The Balaban J connectivity index is 2.16. The van der Waals surface area contributed by atoms with Gasteiger partial charge in [0.2, 0.25) is 0 Å². The van der Waals surface area contributed by atoms with Gasteiger partial charge in [-0.3, -0.25) is 4.79 Å². The zero-order chi connectivity index (χ0) is 14.8. The van der Waals surface area contributed by atoms with Crippen LogP contribution in [0, 0.1) is 0 Å². The summed E-state index contributed by atoms with van der Waals surface area (Å²) >= 11 is 0. The summed E-state index contributed by atoms with van der Waals surface area (Å²) in [5, 5.41) is -4.40. The second-order valence-electron chi connectivity index (χ2n) is 4.89. The predicted molar refractivity (Wildman–Crippen MR) is 66.7 cm³/mol. The molecule has 1 amide bonds. The van der Waals surface area contributed by atoms with Gasteiger partial charge >= 0.3 is 11.2 Å². The minimum absolute atomic E-state index is 0.00998. The Hall–Kier alpha value is -0.800. The number of rotatable bonds is 3. The number of carbonyl (C=O) groups excluding carboxylic acids is 1. The van der Waals surface area contributed by atoms with Crippen LogP contribution in [0.5, 0.6) is 0 Å². The predicted octanol–water partition coefficient (Wildman–Crippen LogP) is 0.254. The molecule has 9 heteroatoms. The third kappa shape index (κ3) is 2.79. The van der Waals surface area contributed by atoms with Crippen molar-refractivity contribution in [3.8, 4) is 0 Å². The van der Waals surface area contributed by atoms with Gasteiger partial charge in [-0.25, -0.2) is 8.42 Å². The number of alkyl halides is 2. The van der Waals surface area contributed by atoms with E-state index in [9.17, 15) is 22.0 Å². The second-order valence-corrected chi connectivity index (χ2v) is 6.87. The van der Waals surface area contributed by atoms with Gasteiger partial charge in [-0.05, 0) is 12.8 Å². The van der Waals surface area contributed by atoms with Crippen molar-refractivity contribution in [2.24, 2.45) is 0 Å². The lowest BCUT2D eigenvalue weighted by molar-refractivity contribution is -0.151. The topological polar surface area (TPSA) is 66.9 Å². The fraction of sp³-hybridized carbons (Fsp3) is 0.909. The lowest BCUT2D eigenvalue weighted by Crippen LogP contribution is -2.56. The molecule has 2 rings (SSSR count). The van der Waals surface area contributed by atoms with Crippen LogP contribution in [-0.4, -0.2) is 68.2 Å². The molecule has 0 aromatic carbocycles. The van der Waals surface area contributed by atoms with Crippen molar-refractivity contribution in [3.05, 3.63) is 0 Å². The number of amides is 1. The molecule has 0 unspecified atom stereocenters. The maximum Gasteiger partial charge on any atom is 0.435 e. The summed E-state index contributed by atoms with van der Waals surface area (Å²) in [6, 6.07) is 0. The number of ether oxygens (including phenoxy) is 1. The fourth-order valence-electron chi connectivity index (χ4n) is 2.33. The molecular weight excluding hydrogens is 294 g/mol. The molecule has 2 aliphatic rings. The van der Waals surface area contributed by atoms with Crippen molar-refractivity contribution in [2.75, 3.05) is 39.4 Å². The summed E-state index contributed by atoms with van der Waals surface area (Å²) in [5.41, 5.74) is 0. The lowest BCUT2D eigenvalue weighted by atomic mass is 10.2. The lowest BCUT2D eigenvalue weighted by Gasteiger charge is -2.33. The van der Waals surface area contributed by atoms with E-state index in [0.29, 0.717) is 12.8 Å². The highest BCUT2D eigenvalue weighted by Gasteiger charge is 2.57. The molecule has 0 radical (unpaired) electrons. The molecular formula is C11H18F2N2O4S. The van der Waals surface area contributed by atoms with Crippen molar-refractivity contribution in [1.29, 1.82) is 0 Å². The van der Waals surface area contributed by atoms with Gasteiger partial charge in [-0.2, -0.15) is 13.1 Å². The standard InChI is InChI=1S/C11H18F2N2O4S/c12-11(13,10(16)14-6-8-19-9-7-14)20(17,18)15-4-2-1-3-5-15/h1-9H2. The van der Waals surface area contributed by atoms with Gasteiger partial charge in [0.25, 0.3) is 10.0 Å². The SMILES string of the molecule is O=C(N1CCOCC1)C(F)(F)S(=O)(=O)N1CCCCC1. The Morgan fingerprint density at radius 2 is 1.55 bits per heavy atom. The molecule has 0 bridgehead atoms. The fourth-order valence-corrected chi connectivity index (χ4v) is 3.74. The van der Waals surface area contributed by atoms with Crippen LogP contribution in [0.25, 0.3) is 0 Å². The quantitative estimate of drug-likeness (QED) is 0.749. The minimum atomic E-state index is -4.94. The molecule has 2 saturated heterocycles. The van der Waals surface area contributed by atoms with E-state index in [1.165, 1.54) is 0 Å². The highest BCUT2D eigenvalue weighted by molar-refractivity contribution is 7.91. The van der Waals surface area contributed by atoms with Crippen molar-refractivity contribution in [2.45, 2.75) is 24.5 Å². The number of hydrogen-bond acceptors (Lipinski definition) is 4. The Kier molecular flexibility index (Phi) is 4.60. The molecule has 0 aromatic heterocycles. The first-order valence-corrected chi connectivity index (χ1v) is 8.06. The molecule has 0 aliphatic carbocycles. The summed E-state index contributed by atoms with van der Waals surface area (Å²) in [4.78, 5) is 12.7. The van der Waals surface area contributed by atoms with Crippen LogP contribution >= 0.6 is 0 Å². The number of morpholine rings is 1. The average Bonchev–Trinajstić information content (AvgIpc) is 2.48. The largest absolute Gasteiger partial charge is 0.435 e. The Labute approximate surface area is 116 Å². The van der Waals surface area contributed by atoms with E-state index in [0.717, 1.165) is 15.6 Å². The van der Waals surface area contributed by atoms with Crippen LogP contribution in [-0.2, 0) is 19.6 Å². The number of piperidine rings is 1. The molecule has 20 heavy (non-hydrogen) atoms. The van der Waals surface area contributed by atoms with Crippen LogP contribution in [0.4, 0.5) is 8.78 Å². The summed E-state index contributed by atoms with van der Waals surface area (Å²) in [6.07, 6.45) is 1.90. The van der Waals surface area contributed by atoms with Crippen molar-refractivity contribution < 1.29 is 26.7 Å². The van der Waals surface area contributed by atoms with Gasteiger partial charge < -0.3 is 9.64 Å². The summed E-state index contributed by atoms with van der Waals surface area (Å²) < 4.78 is 57.9. The first-order valence-electron chi connectivity index (χ1n) is 6.62. The smallest absolute Gasteiger partial charge is 0.378 e. The van der Waals surface area contributed by atoms with Crippen LogP contribution in [0.3, 0.4) is 0 Å². The summed E-state index contributed by atoms with van der Waals surface area (Å²) in [7, 11) is -4.94. The average molecular weight is 312 g/mol. The number of nitrogens with zero attached hydrogens (tertiary/aromatic N) is 2. The zero-order valence-corrected chi connectivity index (χ0v) is 11.9. The first-order chi connectivity index (χ1) is 9.37. The molecule has 0 saturated carbocycles. The normalized spacial score (nSPS) is 22.8. The monoisotopic (exact) mass is 312 g/mol. The van der Waals surface area contributed by atoms with E-state index >= 15 is 0 Å². The van der Waals surface area contributed by atoms with Gasteiger partial charge in [0.15, 0.2) is 0 Å². The minimum Gasteiger partial charge on any atom is -0.378 e. The Morgan fingerprint density at radius 3 is 2.10 bits per heavy atom. The summed E-state index contributed by atoms with van der Waals surface area (Å²) in [5.74, 6) is -1.65. The van der Waals surface area contributed by atoms with Crippen molar-refractivity contribution in [1.82, 2.24) is 9.21 Å². The molecule has 0 spiro atoms. The van der Waals surface area contributed by atoms with E-state index in [4.69, 9.17) is 4.74 Å². The van der Waals surface area contributed by atoms with E-state index in [-0.39, 0.29) is 39.4 Å². The zero-order valence-electron chi connectivity index (χ0n) is 11.1. The van der Waals surface area contributed by atoms with E-state index in [2.05, 4.69) is 0 Å². The van der Waals surface area contributed by atoms with Crippen molar-refractivity contribution >= 4 is 15.9 Å². The molecule has 0 atom stereocenters. The molecule has 2 heterocycles. The van der Waals surface area contributed by atoms with Gasteiger partial charge in [-0.1, -0.05) is 6.42 Å². The number of carbonyl (C=O) groups is 1. The van der Waals surface area contributed by atoms with Gasteiger partial charge in [0, 0.05) is 26.2 Å². The van der Waals surface area contributed by atoms with Gasteiger partial charge in [0.1, 0.15) is 0 Å². The maximum absolute atomic E-state index is 14.1. The Bertz CT molecular complexity index is 457. The summed E-state index contributed by atoms with van der Waals surface area (Å²) in [6.45, 7) is 0.369. The van der Waals surface area contributed by atoms with Crippen LogP contribution in [0.2, 0.25) is 0 Å².